The van der Waals surface area contributed by atoms with Crippen LogP contribution < -0.4 is 0 Å². The molecule has 0 heterocycles. The van der Waals surface area contributed by atoms with E-state index in [1.165, 1.54) is 0 Å². The standard InChI is InChI=1S/C12H14BrClO2/c1-7-5-8(13)6-9(14)10(7)11(15)16-12(2,3)4/h5-6H,1-4H3. The Morgan fingerprint density at radius 3 is 2.38 bits per heavy atom. The van der Waals surface area contributed by atoms with Crippen molar-refractivity contribution in [1.82, 2.24) is 0 Å². The molecule has 0 spiro atoms. The molecule has 0 N–H and O–H groups in total. The molecule has 0 bridgehead atoms. The third-order valence-corrected chi connectivity index (χ3v) is 2.61. The maximum Gasteiger partial charge on any atom is 0.340 e. The Hall–Kier alpha value is -0.540. The fourth-order valence-corrected chi connectivity index (χ4v) is 2.34. The number of hydrogen-bond donors (Lipinski definition) is 0. The van der Waals surface area contributed by atoms with Gasteiger partial charge in [-0.2, -0.15) is 0 Å². The summed E-state index contributed by atoms with van der Waals surface area (Å²) in [5.74, 6) is -0.387. The molecule has 1 aromatic rings. The Bertz CT molecular complexity index is 399. The van der Waals surface area contributed by atoms with Crippen molar-refractivity contribution in [2.24, 2.45) is 0 Å². The molecule has 2 nitrogen and oxygen atoms in total. The molecule has 0 saturated carbocycles. The van der Waals surface area contributed by atoms with Crippen LogP contribution in [0.2, 0.25) is 5.02 Å². The topological polar surface area (TPSA) is 26.3 Å². The molecule has 16 heavy (non-hydrogen) atoms. The first-order valence-corrected chi connectivity index (χ1v) is 6.07. The van der Waals surface area contributed by atoms with Crippen molar-refractivity contribution in [3.05, 3.63) is 32.8 Å². The predicted molar refractivity (Wildman–Crippen MR) is 69.1 cm³/mol. The van der Waals surface area contributed by atoms with Gasteiger partial charge in [-0.15, -0.1) is 0 Å². The summed E-state index contributed by atoms with van der Waals surface area (Å²) in [6, 6.07) is 3.53. The van der Waals surface area contributed by atoms with Gasteiger partial charge in [-0.25, -0.2) is 4.79 Å². The van der Waals surface area contributed by atoms with E-state index < -0.39 is 5.60 Å². The maximum absolute atomic E-state index is 11.9. The van der Waals surface area contributed by atoms with Crippen LogP contribution in [0.3, 0.4) is 0 Å². The first kappa shape index (κ1) is 13.5. The number of esters is 1. The Kier molecular flexibility index (Phi) is 4.02. The van der Waals surface area contributed by atoms with E-state index in [0.29, 0.717) is 10.6 Å². The third-order valence-electron chi connectivity index (χ3n) is 1.86. The zero-order valence-electron chi connectivity index (χ0n) is 9.73. The molecule has 1 aromatic carbocycles. The van der Waals surface area contributed by atoms with Gasteiger partial charge in [-0.1, -0.05) is 27.5 Å². The van der Waals surface area contributed by atoms with Crippen LogP contribution in [0.15, 0.2) is 16.6 Å². The van der Waals surface area contributed by atoms with E-state index in [-0.39, 0.29) is 5.97 Å². The molecule has 0 aliphatic carbocycles. The average molecular weight is 306 g/mol. The summed E-state index contributed by atoms with van der Waals surface area (Å²) in [5.41, 5.74) is 0.716. The molecule has 0 amide bonds. The number of aryl methyl sites for hydroxylation is 1. The van der Waals surface area contributed by atoms with E-state index in [4.69, 9.17) is 16.3 Å². The second kappa shape index (κ2) is 4.76. The zero-order chi connectivity index (χ0) is 12.5. The van der Waals surface area contributed by atoms with Crippen molar-refractivity contribution >= 4 is 33.5 Å². The molecule has 0 fully saturated rings. The summed E-state index contributed by atoms with van der Waals surface area (Å²) < 4.78 is 6.14. The highest BCUT2D eigenvalue weighted by atomic mass is 79.9. The number of benzene rings is 1. The quantitative estimate of drug-likeness (QED) is 0.720. The highest BCUT2D eigenvalue weighted by Gasteiger charge is 2.21. The molecule has 0 saturated heterocycles. The first-order valence-electron chi connectivity index (χ1n) is 4.90. The van der Waals surface area contributed by atoms with E-state index in [1.54, 1.807) is 6.07 Å². The smallest absolute Gasteiger partial charge is 0.340 e. The SMILES string of the molecule is Cc1cc(Br)cc(Cl)c1C(=O)OC(C)(C)C. The largest absolute Gasteiger partial charge is 0.456 e. The van der Waals surface area contributed by atoms with Crippen LogP contribution in [0.4, 0.5) is 0 Å². The van der Waals surface area contributed by atoms with Gasteiger partial charge >= 0.3 is 5.97 Å². The summed E-state index contributed by atoms with van der Waals surface area (Å²) >= 11 is 9.35. The summed E-state index contributed by atoms with van der Waals surface area (Å²) in [6.45, 7) is 7.31. The molecule has 0 atom stereocenters. The number of hydrogen-bond acceptors (Lipinski definition) is 2. The monoisotopic (exact) mass is 304 g/mol. The second-order valence-corrected chi connectivity index (χ2v) is 5.90. The van der Waals surface area contributed by atoms with E-state index in [9.17, 15) is 4.79 Å². The highest BCUT2D eigenvalue weighted by Crippen LogP contribution is 2.27. The zero-order valence-corrected chi connectivity index (χ0v) is 12.1. The molecule has 4 heteroatoms. The number of rotatable bonds is 1. The van der Waals surface area contributed by atoms with Gasteiger partial charge in [0, 0.05) is 4.47 Å². The van der Waals surface area contributed by atoms with Gasteiger partial charge in [0.2, 0.25) is 0 Å². The summed E-state index contributed by atoms with van der Waals surface area (Å²) in [7, 11) is 0. The van der Waals surface area contributed by atoms with Crippen LogP contribution in [0.1, 0.15) is 36.7 Å². The van der Waals surface area contributed by atoms with Crippen molar-refractivity contribution in [3.63, 3.8) is 0 Å². The van der Waals surface area contributed by atoms with Crippen molar-refractivity contribution in [1.29, 1.82) is 0 Å². The van der Waals surface area contributed by atoms with Gasteiger partial charge in [0.1, 0.15) is 5.60 Å². The van der Waals surface area contributed by atoms with Crippen LogP contribution in [0.5, 0.6) is 0 Å². The fourth-order valence-electron chi connectivity index (χ4n) is 1.29. The second-order valence-electron chi connectivity index (χ2n) is 4.58. The summed E-state index contributed by atoms with van der Waals surface area (Å²) in [4.78, 5) is 11.9. The molecule has 88 valence electrons. The Morgan fingerprint density at radius 2 is 1.94 bits per heavy atom. The van der Waals surface area contributed by atoms with Crippen LogP contribution in [-0.4, -0.2) is 11.6 Å². The first-order chi connectivity index (χ1) is 7.20. The normalized spacial score (nSPS) is 11.4. The minimum Gasteiger partial charge on any atom is -0.456 e. The predicted octanol–water partition coefficient (Wildman–Crippen LogP) is 4.37. The molecular weight excluding hydrogens is 291 g/mol. The Morgan fingerprint density at radius 1 is 1.38 bits per heavy atom. The number of carbonyl (C=O) groups excluding carboxylic acids is 1. The van der Waals surface area contributed by atoms with E-state index in [2.05, 4.69) is 15.9 Å². The molecule has 0 unspecified atom stereocenters. The lowest BCUT2D eigenvalue weighted by Gasteiger charge is -2.20. The lowest BCUT2D eigenvalue weighted by Crippen LogP contribution is -2.24. The summed E-state index contributed by atoms with van der Waals surface area (Å²) in [5, 5.41) is 0.404. The average Bonchev–Trinajstić information content (AvgIpc) is 1.96. The molecular formula is C12H14BrClO2. The van der Waals surface area contributed by atoms with Gasteiger partial charge in [-0.3, -0.25) is 0 Å². The van der Waals surface area contributed by atoms with Crippen LogP contribution in [-0.2, 0) is 4.74 Å². The lowest BCUT2D eigenvalue weighted by molar-refractivity contribution is 0.00690. The molecule has 0 radical (unpaired) electrons. The van der Waals surface area contributed by atoms with E-state index >= 15 is 0 Å². The number of halogens is 2. The van der Waals surface area contributed by atoms with Gasteiger partial charge < -0.3 is 4.74 Å². The summed E-state index contributed by atoms with van der Waals surface area (Å²) in [6.07, 6.45) is 0. The van der Waals surface area contributed by atoms with Crippen molar-refractivity contribution < 1.29 is 9.53 Å². The van der Waals surface area contributed by atoms with E-state index in [1.807, 2.05) is 33.8 Å². The number of carbonyl (C=O) groups is 1. The molecule has 0 aliphatic rings. The van der Waals surface area contributed by atoms with Crippen LogP contribution in [0, 0.1) is 6.92 Å². The number of ether oxygens (including phenoxy) is 1. The molecule has 0 aromatic heterocycles. The Labute approximate surface area is 109 Å². The lowest BCUT2D eigenvalue weighted by atomic mass is 10.1. The fraction of sp³-hybridized carbons (Fsp3) is 0.417. The van der Waals surface area contributed by atoms with Crippen molar-refractivity contribution in [3.8, 4) is 0 Å². The Balaban J connectivity index is 3.10. The minimum atomic E-state index is -0.514. The molecule has 0 aliphatic heterocycles. The van der Waals surface area contributed by atoms with Gasteiger partial charge in [0.15, 0.2) is 0 Å². The maximum atomic E-state index is 11.9. The van der Waals surface area contributed by atoms with Crippen LogP contribution in [0.25, 0.3) is 0 Å². The van der Waals surface area contributed by atoms with Gasteiger partial charge in [0.05, 0.1) is 10.6 Å². The third kappa shape index (κ3) is 3.49. The highest BCUT2D eigenvalue weighted by molar-refractivity contribution is 9.10. The molecule has 1 rings (SSSR count). The van der Waals surface area contributed by atoms with Crippen molar-refractivity contribution in [2.75, 3.05) is 0 Å². The van der Waals surface area contributed by atoms with Gasteiger partial charge in [-0.05, 0) is 45.4 Å². The van der Waals surface area contributed by atoms with Crippen molar-refractivity contribution in [2.45, 2.75) is 33.3 Å². The minimum absolute atomic E-state index is 0.387. The van der Waals surface area contributed by atoms with Crippen LogP contribution >= 0.6 is 27.5 Å². The van der Waals surface area contributed by atoms with Gasteiger partial charge in [0.25, 0.3) is 0 Å². The van der Waals surface area contributed by atoms with E-state index in [0.717, 1.165) is 10.0 Å².